The average Bonchev–Trinajstić information content (AvgIpc) is 3.36. The number of rotatable bonds is 6. The summed E-state index contributed by atoms with van der Waals surface area (Å²) in [6, 6.07) is 15.1. The highest BCUT2D eigenvalue weighted by Crippen LogP contribution is 2.29. The van der Waals surface area contributed by atoms with Gasteiger partial charge in [0.25, 0.3) is 5.89 Å². The van der Waals surface area contributed by atoms with Crippen molar-refractivity contribution in [1.82, 2.24) is 15.0 Å². The maximum Gasteiger partial charge on any atom is 0.257 e. The van der Waals surface area contributed by atoms with Crippen molar-refractivity contribution in [3.05, 3.63) is 59.9 Å². The van der Waals surface area contributed by atoms with Crippen LogP contribution in [0.5, 0.6) is 11.5 Å². The number of ether oxygens (including phenoxy) is 2. The van der Waals surface area contributed by atoms with Crippen LogP contribution in [0.25, 0.3) is 11.5 Å². The Morgan fingerprint density at radius 3 is 2.32 bits per heavy atom. The van der Waals surface area contributed by atoms with Gasteiger partial charge in [0.1, 0.15) is 11.5 Å². The molecule has 2 aromatic carbocycles. The number of likely N-dealkylation sites (tertiary alicyclic amines) is 1. The van der Waals surface area contributed by atoms with Gasteiger partial charge in [-0.2, -0.15) is 4.98 Å². The second kappa shape index (κ2) is 7.72. The van der Waals surface area contributed by atoms with E-state index in [-0.39, 0.29) is 11.8 Å². The van der Waals surface area contributed by atoms with Crippen LogP contribution in [-0.4, -0.2) is 41.7 Å². The normalized spacial score (nSPS) is 16.4. The van der Waals surface area contributed by atoms with E-state index in [0.29, 0.717) is 31.2 Å². The Morgan fingerprint density at radius 1 is 1.04 bits per heavy atom. The number of hydrogen-bond donors (Lipinski definition) is 0. The third-order valence-electron chi connectivity index (χ3n) is 4.89. The highest BCUT2D eigenvalue weighted by molar-refractivity contribution is 5.79. The van der Waals surface area contributed by atoms with Crippen molar-refractivity contribution in [2.24, 2.45) is 0 Å². The van der Waals surface area contributed by atoms with Gasteiger partial charge in [-0.3, -0.25) is 4.79 Å². The van der Waals surface area contributed by atoms with Crippen LogP contribution in [0.3, 0.4) is 0 Å². The minimum absolute atomic E-state index is 0.0681. The third kappa shape index (κ3) is 3.69. The number of nitrogens with zero attached hydrogens (tertiary/aromatic N) is 3. The van der Waals surface area contributed by atoms with Gasteiger partial charge in [0.05, 0.1) is 14.2 Å². The number of methoxy groups -OCH3 is 2. The number of carbonyl (C=O) groups excluding carboxylic acids is 1. The Morgan fingerprint density at radius 2 is 1.68 bits per heavy atom. The fourth-order valence-electron chi connectivity index (χ4n) is 3.30. The first-order valence-corrected chi connectivity index (χ1v) is 9.05. The minimum Gasteiger partial charge on any atom is -0.497 e. The quantitative estimate of drug-likeness (QED) is 0.654. The molecule has 7 nitrogen and oxygen atoms in total. The molecule has 0 aliphatic carbocycles. The molecule has 1 unspecified atom stereocenters. The van der Waals surface area contributed by atoms with E-state index in [9.17, 15) is 4.79 Å². The largest absolute Gasteiger partial charge is 0.497 e. The smallest absolute Gasteiger partial charge is 0.257 e. The summed E-state index contributed by atoms with van der Waals surface area (Å²) in [7, 11) is 3.25. The predicted molar refractivity (Wildman–Crippen MR) is 102 cm³/mol. The van der Waals surface area contributed by atoms with E-state index in [4.69, 9.17) is 14.0 Å². The summed E-state index contributed by atoms with van der Waals surface area (Å²) in [5, 5.41) is 4.10. The lowest BCUT2D eigenvalue weighted by Gasteiger charge is -2.16. The molecule has 4 rings (SSSR count). The second-order valence-electron chi connectivity index (χ2n) is 6.71. The first-order chi connectivity index (χ1) is 13.7. The minimum atomic E-state index is -0.0681. The van der Waals surface area contributed by atoms with Crippen molar-refractivity contribution in [3.63, 3.8) is 0 Å². The summed E-state index contributed by atoms with van der Waals surface area (Å²) < 4.78 is 15.7. The molecule has 0 spiro atoms. The van der Waals surface area contributed by atoms with Gasteiger partial charge in [-0.15, -0.1) is 0 Å². The van der Waals surface area contributed by atoms with Crippen molar-refractivity contribution in [2.75, 3.05) is 20.8 Å². The molecule has 144 valence electrons. The Kier molecular flexibility index (Phi) is 4.97. The monoisotopic (exact) mass is 379 g/mol. The van der Waals surface area contributed by atoms with Gasteiger partial charge in [-0.05, 0) is 42.0 Å². The molecule has 1 saturated heterocycles. The molecule has 0 bridgehead atoms. The fourth-order valence-corrected chi connectivity index (χ4v) is 3.30. The molecule has 1 amide bonds. The molecule has 1 aliphatic rings. The van der Waals surface area contributed by atoms with E-state index in [1.165, 1.54) is 0 Å². The Hall–Kier alpha value is -3.35. The lowest BCUT2D eigenvalue weighted by Crippen LogP contribution is -2.24. The molecular formula is C21H21N3O4. The standard InChI is InChI=1S/C21H21N3O4/c1-26-17-7-3-14(4-8-17)12-24-13-16(11-19(24)25)20-22-21(28-23-20)15-5-9-18(27-2)10-6-15/h3-10,16H,11-13H2,1-2H3. The molecule has 1 atom stereocenters. The van der Waals surface area contributed by atoms with Crippen LogP contribution in [0.2, 0.25) is 0 Å². The summed E-state index contributed by atoms with van der Waals surface area (Å²) in [5.74, 6) is 2.60. The first-order valence-electron chi connectivity index (χ1n) is 9.05. The van der Waals surface area contributed by atoms with Crippen molar-refractivity contribution < 1.29 is 18.8 Å². The maximum absolute atomic E-state index is 12.4. The molecule has 28 heavy (non-hydrogen) atoms. The third-order valence-corrected chi connectivity index (χ3v) is 4.89. The molecule has 1 fully saturated rings. The second-order valence-corrected chi connectivity index (χ2v) is 6.71. The van der Waals surface area contributed by atoms with Crippen LogP contribution in [-0.2, 0) is 11.3 Å². The van der Waals surface area contributed by atoms with Crippen LogP contribution < -0.4 is 9.47 Å². The highest BCUT2D eigenvalue weighted by Gasteiger charge is 2.33. The van der Waals surface area contributed by atoms with E-state index < -0.39 is 0 Å². The molecule has 2 heterocycles. The van der Waals surface area contributed by atoms with Gasteiger partial charge < -0.3 is 18.9 Å². The fraction of sp³-hybridized carbons (Fsp3) is 0.286. The average molecular weight is 379 g/mol. The Bertz CT molecular complexity index is 951. The van der Waals surface area contributed by atoms with E-state index in [1.807, 2.05) is 53.4 Å². The summed E-state index contributed by atoms with van der Waals surface area (Å²) >= 11 is 0. The molecule has 0 radical (unpaired) electrons. The lowest BCUT2D eigenvalue weighted by atomic mass is 10.1. The van der Waals surface area contributed by atoms with Crippen molar-refractivity contribution >= 4 is 5.91 Å². The summed E-state index contributed by atoms with van der Waals surface area (Å²) in [6.07, 6.45) is 0.387. The van der Waals surface area contributed by atoms with E-state index >= 15 is 0 Å². The number of hydrogen-bond acceptors (Lipinski definition) is 6. The SMILES string of the molecule is COc1ccc(CN2CC(c3noc(-c4ccc(OC)cc4)n3)CC2=O)cc1. The molecule has 7 heteroatoms. The Balaban J connectivity index is 1.44. The number of amides is 1. The van der Waals surface area contributed by atoms with E-state index in [0.717, 1.165) is 22.6 Å². The molecular weight excluding hydrogens is 358 g/mol. The van der Waals surface area contributed by atoms with Crippen LogP contribution in [0.15, 0.2) is 53.1 Å². The molecule has 3 aromatic rings. The zero-order chi connectivity index (χ0) is 19.5. The highest BCUT2D eigenvalue weighted by atomic mass is 16.5. The Labute approximate surface area is 162 Å². The van der Waals surface area contributed by atoms with Crippen LogP contribution in [0, 0.1) is 0 Å². The lowest BCUT2D eigenvalue weighted by molar-refractivity contribution is -0.128. The molecule has 0 saturated carbocycles. The topological polar surface area (TPSA) is 77.7 Å². The molecule has 1 aromatic heterocycles. The zero-order valence-electron chi connectivity index (χ0n) is 15.8. The zero-order valence-corrected chi connectivity index (χ0v) is 15.8. The maximum atomic E-state index is 12.4. The summed E-state index contributed by atoms with van der Waals surface area (Å²) in [4.78, 5) is 18.8. The van der Waals surface area contributed by atoms with Gasteiger partial charge in [0.2, 0.25) is 5.91 Å². The van der Waals surface area contributed by atoms with Crippen molar-refractivity contribution in [1.29, 1.82) is 0 Å². The van der Waals surface area contributed by atoms with Gasteiger partial charge in [-0.1, -0.05) is 17.3 Å². The van der Waals surface area contributed by atoms with Gasteiger partial charge >= 0.3 is 0 Å². The van der Waals surface area contributed by atoms with Gasteiger partial charge in [-0.25, -0.2) is 0 Å². The number of aromatic nitrogens is 2. The summed E-state index contributed by atoms with van der Waals surface area (Å²) in [6.45, 7) is 1.13. The van der Waals surface area contributed by atoms with E-state index in [2.05, 4.69) is 10.1 Å². The van der Waals surface area contributed by atoms with E-state index in [1.54, 1.807) is 14.2 Å². The first kappa shape index (κ1) is 18.0. The molecule has 1 aliphatic heterocycles. The predicted octanol–water partition coefficient (Wildman–Crippen LogP) is 3.27. The molecule has 0 N–H and O–H groups in total. The van der Waals surface area contributed by atoms with Gasteiger partial charge in [0.15, 0.2) is 5.82 Å². The van der Waals surface area contributed by atoms with Crippen molar-refractivity contribution in [3.8, 4) is 23.0 Å². The van der Waals surface area contributed by atoms with Gasteiger partial charge in [0, 0.05) is 31.0 Å². The number of carbonyl (C=O) groups is 1. The number of benzene rings is 2. The summed E-state index contributed by atoms with van der Waals surface area (Å²) in [5.41, 5.74) is 1.88. The van der Waals surface area contributed by atoms with Crippen LogP contribution in [0.1, 0.15) is 23.7 Å². The van der Waals surface area contributed by atoms with Crippen molar-refractivity contribution in [2.45, 2.75) is 18.9 Å². The van der Waals surface area contributed by atoms with Crippen LogP contribution >= 0.6 is 0 Å². The van der Waals surface area contributed by atoms with Crippen LogP contribution in [0.4, 0.5) is 0 Å².